The Morgan fingerprint density at radius 3 is 2.50 bits per heavy atom. The van der Waals surface area contributed by atoms with Crippen LogP contribution in [0.5, 0.6) is 11.5 Å². The van der Waals surface area contributed by atoms with Crippen molar-refractivity contribution in [2.24, 2.45) is 0 Å². The first-order chi connectivity index (χ1) is 12.5. The number of hydrogen-bond donors (Lipinski definition) is 1. The van der Waals surface area contributed by atoms with Crippen molar-refractivity contribution in [2.45, 2.75) is 26.5 Å². The van der Waals surface area contributed by atoms with Crippen LogP contribution in [0.4, 0.5) is 8.78 Å². The summed E-state index contributed by atoms with van der Waals surface area (Å²) in [6.07, 6.45) is 2.73. The lowest BCUT2D eigenvalue weighted by Gasteiger charge is -2.14. The molecule has 0 saturated carbocycles. The molecule has 0 aliphatic heterocycles. The molecule has 1 unspecified atom stereocenters. The number of hydrogen-bond acceptors (Lipinski definition) is 3. The molecule has 0 heterocycles. The zero-order valence-corrected chi connectivity index (χ0v) is 14.6. The highest BCUT2D eigenvalue weighted by atomic mass is 19.3. The van der Waals surface area contributed by atoms with Gasteiger partial charge in [-0.2, -0.15) is 8.78 Å². The van der Waals surface area contributed by atoms with Crippen molar-refractivity contribution < 1.29 is 23.0 Å². The number of benzene rings is 2. The van der Waals surface area contributed by atoms with E-state index in [1.807, 2.05) is 38.1 Å². The van der Waals surface area contributed by atoms with Crippen molar-refractivity contribution in [3.8, 4) is 11.5 Å². The number of ether oxygens (including phenoxy) is 2. The summed E-state index contributed by atoms with van der Waals surface area (Å²) in [5, 5.41) is 2.82. The van der Waals surface area contributed by atoms with Crippen LogP contribution >= 0.6 is 0 Å². The van der Waals surface area contributed by atoms with Gasteiger partial charge in [0.05, 0.1) is 12.6 Å². The summed E-state index contributed by atoms with van der Waals surface area (Å²) in [7, 11) is 0. The molecule has 0 fully saturated rings. The number of halogens is 2. The van der Waals surface area contributed by atoms with Crippen LogP contribution in [-0.2, 0) is 4.79 Å². The summed E-state index contributed by atoms with van der Waals surface area (Å²) < 4.78 is 34.6. The Kier molecular flexibility index (Phi) is 7.14. The number of nitrogens with one attached hydrogen (secondary N) is 1. The maximum absolute atomic E-state index is 12.4. The van der Waals surface area contributed by atoms with Gasteiger partial charge in [-0.25, -0.2) is 0 Å². The molecule has 0 spiro atoms. The van der Waals surface area contributed by atoms with Gasteiger partial charge in [-0.1, -0.05) is 30.3 Å². The molecule has 0 bridgehead atoms. The Bertz CT molecular complexity index is 745. The topological polar surface area (TPSA) is 47.6 Å². The van der Waals surface area contributed by atoms with E-state index in [9.17, 15) is 13.6 Å². The molecule has 2 aromatic carbocycles. The van der Waals surface area contributed by atoms with Crippen LogP contribution in [0.2, 0.25) is 0 Å². The van der Waals surface area contributed by atoms with Crippen LogP contribution in [0.15, 0.2) is 54.6 Å². The van der Waals surface area contributed by atoms with E-state index in [1.54, 1.807) is 18.2 Å². The first-order valence-electron chi connectivity index (χ1n) is 8.24. The lowest BCUT2D eigenvalue weighted by Crippen LogP contribution is -2.24. The van der Waals surface area contributed by atoms with Crippen molar-refractivity contribution >= 4 is 12.0 Å². The fraction of sp³-hybridized carbons (Fsp3) is 0.250. The minimum Gasteiger partial charge on any atom is -0.494 e. The number of amides is 1. The van der Waals surface area contributed by atoms with Crippen molar-refractivity contribution in [1.29, 1.82) is 0 Å². The zero-order valence-electron chi connectivity index (χ0n) is 14.6. The second-order valence-corrected chi connectivity index (χ2v) is 5.48. The van der Waals surface area contributed by atoms with Crippen molar-refractivity contribution in [3.05, 3.63) is 65.7 Å². The van der Waals surface area contributed by atoms with Crippen LogP contribution in [0, 0.1) is 0 Å². The van der Waals surface area contributed by atoms with Gasteiger partial charge < -0.3 is 14.8 Å². The predicted molar refractivity (Wildman–Crippen MR) is 96.3 cm³/mol. The first-order valence-corrected chi connectivity index (χ1v) is 8.24. The van der Waals surface area contributed by atoms with E-state index in [0.717, 1.165) is 11.3 Å². The third kappa shape index (κ3) is 5.88. The van der Waals surface area contributed by atoms with E-state index >= 15 is 0 Å². The van der Waals surface area contributed by atoms with E-state index in [2.05, 4.69) is 10.1 Å². The fourth-order valence-electron chi connectivity index (χ4n) is 2.35. The summed E-state index contributed by atoms with van der Waals surface area (Å²) in [6.45, 7) is 1.44. The van der Waals surface area contributed by atoms with Crippen molar-refractivity contribution in [1.82, 2.24) is 5.32 Å². The molecule has 2 rings (SSSR count). The molecule has 6 heteroatoms. The molecule has 0 radical (unpaired) electrons. The van der Waals surface area contributed by atoms with Crippen LogP contribution in [0.3, 0.4) is 0 Å². The molecule has 1 N–H and O–H groups in total. The molecular formula is C20H21F2NO3. The van der Waals surface area contributed by atoms with Gasteiger partial charge in [0, 0.05) is 11.6 Å². The second kappa shape index (κ2) is 9.56. The number of carbonyl (C=O) groups excluding carboxylic acids is 1. The summed E-state index contributed by atoms with van der Waals surface area (Å²) in [5.74, 6) is 0.453. The van der Waals surface area contributed by atoms with Crippen LogP contribution in [0.1, 0.15) is 31.0 Å². The molecule has 0 aromatic heterocycles. The molecule has 0 aliphatic rings. The monoisotopic (exact) mass is 361 g/mol. The number of alkyl halides is 2. The number of rotatable bonds is 8. The quantitative estimate of drug-likeness (QED) is 0.700. The summed E-state index contributed by atoms with van der Waals surface area (Å²) in [4.78, 5) is 12.1. The first kappa shape index (κ1) is 19.4. The average Bonchev–Trinajstić information content (AvgIpc) is 2.61. The maximum Gasteiger partial charge on any atom is 0.387 e. The Morgan fingerprint density at radius 1 is 1.15 bits per heavy atom. The zero-order chi connectivity index (χ0) is 18.9. The Labute approximate surface area is 151 Å². The smallest absolute Gasteiger partial charge is 0.387 e. The highest BCUT2D eigenvalue weighted by Crippen LogP contribution is 2.22. The van der Waals surface area contributed by atoms with Gasteiger partial charge in [-0.15, -0.1) is 0 Å². The lowest BCUT2D eigenvalue weighted by molar-refractivity contribution is -0.117. The normalized spacial score (nSPS) is 12.2. The standard InChI is InChI=1S/C20H21F2NO3/c1-3-25-17-11-8-15(9-12-17)14(2)23-19(24)13-10-16-6-4-5-7-18(16)26-20(21)22/h4-14,20H,3H2,1-2H3,(H,23,24)/b13-10+. The highest BCUT2D eigenvalue weighted by Gasteiger charge is 2.09. The van der Waals surface area contributed by atoms with Gasteiger partial charge in [0.15, 0.2) is 0 Å². The number of carbonyl (C=O) groups is 1. The largest absolute Gasteiger partial charge is 0.494 e. The van der Waals surface area contributed by atoms with Gasteiger partial charge in [0.1, 0.15) is 11.5 Å². The van der Waals surface area contributed by atoms with Crippen LogP contribution in [-0.4, -0.2) is 19.1 Å². The molecule has 1 amide bonds. The molecular weight excluding hydrogens is 340 g/mol. The SMILES string of the molecule is CCOc1ccc(C(C)NC(=O)/C=C/c2ccccc2OC(F)F)cc1. The van der Waals surface area contributed by atoms with E-state index < -0.39 is 6.61 Å². The molecule has 138 valence electrons. The van der Waals surface area contributed by atoms with Gasteiger partial charge >= 0.3 is 6.61 Å². The lowest BCUT2D eigenvalue weighted by atomic mass is 10.1. The van der Waals surface area contributed by atoms with E-state index in [0.29, 0.717) is 12.2 Å². The van der Waals surface area contributed by atoms with Crippen molar-refractivity contribution in [2.75, 3.05) is 6.61 Å². The predicted octanol–water partition coefficient (Wildman–Crippen LogP) is 4.58. The maximum atomic E-state index is 12.4. The number of para-hydroxylation sites is 1. The molecule has 2 aromatic rings. The molecule has 26 heavy (non-hydrogen) atoms. The summed E-state index contributed by atoms with van der Waals surface area (Å²) >= 11 is 0. The third-order valence-electron chi connectivity index (χ3n) is 3.60. The summed E-state index contributed by atoms with van der Waals surface area (Å²) in [5.41, 5.74) is 1.33. The fourth-order valence-corrected chi connectivity index (χ4v) is 2.35. The van der Waals surface area contributed by atoms with E-state index in [-0.39, 0.29) is 17.7 Å². The summed E-state index contributed by atoms with van der Waals surface area (Å²) in [6, 6.07) is 13.5. The Morgan fingerprint density at radius 2 is 1.85 bits per heavy atom. The third-order valence-corrected chi connectivity index (χ3v) is 3.60. The molecule has 0 saturated heterocycles. The minimum atomic E-state index is -2.92. The van der Waals surface area contributed by atoms with Crippen molar-refractivity contribution in [3.63, 3.8) is 0 Å². The molecule has 4 nitrogen and oxygen atoms in total. The second-order valence-electron chi connectivity index (χ2n) is 5.48. The van der Waals surface area contributed by atoms with E-state index in [4.69, 9.17) is 4.74 Å². The average molecular weight is 361 g/mol. The van der Waals surface area contributed by atoms with Crippen LogP contribution < -0.4 is 14.8 Å². The van der Waals surface area contributed by atoms with Gasteiger partial charge in [0.2, 0.25) is 5.91 Å². The highest BCUT2D eigenvalue weighted by molar-refractivity contribution is 5.92. The Hall–Kier alpha value is -2.89. The Balaban J connectivity index is 1.98. The molecule has 1 atom stereocenters. The van der Waals surface area contributed by atoms with Gasteiger partial charge in [0.25, 0.3) is 0 Å². The van der Waals surface area contributed by atoms with Gasteiger partial charge in [-0.05, 0) is 43.7 Å². The van der Waals surface area contributed by atoms with E-state index in [1.165, 1.54) is 18.2 Å². The minimum absolute atomic E-state index is 0.0195. The molecule has 0 aliphatic carbocycles. The van der Waals surface area contributed by atoms with Gasteiger partial charge in [-0.3, -0.25) is 4.79 Å². The van der Waals surface area contributed by atoms with Crippen LogP contribution in [0.25, 0.3) is 6.08 Å².